The zero-order chi connectivity index (χ0) is 16.0. The van der Waals surface area contributed by atoms with Crippen molar-refractivity contribution in [1.29, 1.82) is 0 Å². The number of thiophene rings is 1. The van der Waals surface area contributed by atoms with Crippen molar-refractivity contribution in [3.63, 3.8) is 0 Å². The van der Waals surface area contributed by atoms with Gasteiger partial charge in [0.05, 0.1) is 12.7 Å². The quantitative estimate of drug-likeness (QED) is 0.613. The highest BCUT2D eigenvalue weighted by Crippen LogP contribution is 2.33. The molecule has 21 heavy (non-hydrogen) atoms. The van der Waals surface area contributed by atoms with Crippen LogP contribution in [0.15, 0.2) is 0 Å². The van der Waals surface area contributed by atoms with Gasteiger partial charge >= 0.3 is 5.97 Å². The Morgan fingerprint density at radius 3 is 2.62 bits per heavy atom. The second-order valence-electron chi connectivity index (χ2n) is 4.97. The van der Waals surface area contributed by atoms with Crippen LogP contribution in [0.1, 0.15) is 54.4 Å². The van der Waals surface area contributed by atoms with Gasteiger partial charge < -0.3 is 15.4 Å². The predicted octanol–water partition coefficient (Wildman–Crippen LogP) is 3.88. The molecule has 118 valence electrons. The van der Waals surface area contributed by atoms with Gasteiger partial charge in [0.2, 0.25) is 0 Å². The molecule has 6 heteroatoms. The van der Waals surface area contributed by atoms with Crippen molar-refractivity contribution in [2.24, 2.45) is 0 Å². The maximum atomic E-state index is 12.0. The smallest absolute Gasteiger partial charge is 0.341 e. The number of anilines is 1. The van der Waals surface area contributed by atoms with Crippen LogP contribution in [-0.4, -0.2) is 24.2 Å². The lowest BCUT2D eigenvalue weighted by molar-refractivity contribution is 0.0601. The fourth-order valence-corrected chi connectivity index (χ4v) is 3.78. The van der Waals surface area contributed by atoms with Crippen LogP contribution in [0.25, 0.3) is 0 Å². The number of thiocarbonyl (C=S) groups is 1. The summed E-state index contributed by atoms with van der Waals surface area (Å²) in [6, 6.07) is 0.309. The molecule has 1 rings (SSSR count). The Kier molecular flexibility index (Phi) is 7.11. The van der Waals surface area contributed by atoms with Crippen LogP contribution in [-0.2, 0) is 11.2 Å². The number of rotatable bonds is 6. The van der Waals surface area contributed by atoms with E-state index in [4.69, 9.17) is 17.0 Å². The minimum Gasteiger partial charge on any atom is -0.465 e. The van der Waals surface area contributed by atoms with E-state index in [0.29, 0.717) is 16.7 Å². The Morgan fingerprint density at radius 1 is 1.43 bits per heavy atom. The number of methoxy groups -OCH3 is 1. The standard InChI is InChI=1S/C15H24N2O2S2/c1-6-8-9(3)16-15(20)17-13-12(14(18)19-5)11(7-2)10(4)21-13/h9H,6-8H2,1-5H3,(H2,16,17,20). The van der Waals surface area contributed by atoms with Crippen molar-refractivity contribution < 1.29 is 9.53 Å². The van der Waals surface area contributed by atoms with Crippen molar-refractivity contribution in [2.45, 2.75) is 53.0 Å². The molecule has 1 aromatic heterocycles. The van der Waals surface area contributed by atoms with Crippen molar-refractivity contribution in [3.05, 3.63) is 16.0 Å². The second kappa shape index (κ2) is 8.34. The lowest BCUT2D eigenvalue weighted by atomic mass is 10.1. The summed E-state index contributed by atoms with van der Waals surface area (Å²) in [5.41, 5.74) is 1.63. The van der Waals surface area contributed by atoms with Crippen LogP contribution in [0.5, 0.6) is 0 Å². The molecular formula is C15H24N2O2S2. The molecule has 0 aliphatic carbocycles. The highest BCUT2D eigenvalue weighted by Gasteiger charge is 2.22. The first-order chi connectivity index (χ1) is 9.94. The largest absolute Gasteiger partial charge is 0.465 e. The topological polar surface area (TPSA) is 50.4 Å². The number of aryl methyl sites for hydroxylation is 1. The van der Waals surface area contributed by atoms with Gasteiger partial charge in [0.1, 0.15) is 5.00 Å². The number of hydrogen-bond acceptors (Lipinski definition) is 4. The molecule has 0 amide bonds. The van der Waals surface area contributed by atoms with Crippen LogP contribution in [0.2, 0.25) is 0 Å². The molecule has 1 heterocycles. The Morgan fingerprint density at radius 2 is 2.10 bits per heavy atom. The fraction of sp³-hybridized carbons (Fsp3) is 0.600. The average Bonchev–Trinajstić information content (AvgIpc) is 2.73. The Hall–Kier alpha value is -1.14. The molecule has 2 N–H and O–H groups in total. The maximum Gasteiger partial charge on any atom is 0.341 e. The zero-order valence-corrected chi connectivity index (χ0v) is 15.0. The molecule has 0 aromatic carbocycles. The molecule has 1 aromatic rings. The van der Waals surface area contributed by atoms with Gasteiger partial charge in [-0.1, -0.05) is 20.3 Å². The summed E-state index contributed by atoms with van der Waals surface area (Å²) in [7, 11) is 1.40. The minimum atomic E-state index is -0.317. The molecule has 0 aliphatic rings. The van der Waals surface area contributed by atoms with Gasteiger partial charge in [0, 0.05) is 10.9 Å². The summed E-state index contributed by atoms with van der Waals surface area (Å²) in [5, 5.41) is 7.69. The third kappa shape index (κ3) is 4.68. The van der Waals surface area contributed by atoms with Crippen LogP contribution in [0.3, 0.4) is 0 Å². The van der Waals surface area contributed by atoms with Gasteiger partial charge in [-0.05, 0) is 44.5 Å². The summed E-state index contributed by atoms with van der Waals surface area (Å²) in [5.74, 6) is -0.317. The lowest BCUT2D eigenvalue weighted by Gasteiger charge is -2.16. The van der Waals surface area contributed by atoms with Gasteiger partial charge in [0.25, 0.3) is 0 Å². The SMILES string of the molecule is CCCC(C)NC(=S)Nc1sc(C)c(CC)c1C(=O)OC. The molecule has 0 spiro atoms. The lowest BCUT2D eigenvalue weighted by Crippen LogP contribution is -2.35. The zero-order valence-electron chi connectivity index (χ0n) is 13.3. The van der Waals surface area contributed by atoms with E-state index in [1.54, 1.807) is 0 Å². The van der Waals surface area contributed by atoms with E-state index in [-0.39, 0.29) is 5.97 Å². The van der Waals surface area contributed by atoms with E-state index in [9.17, 15) is 4.79 Å². The number of esters is 1. The number of carbonyl (C=O) groups excluding carboxylic acids is 1. The second-order valence-corrected chi connectivity index (χ2v) is 6.61. The Bertz CT molecular complexity index is 512. The number of carbonyl (C=O) groups is 1. The molecular weight excluding hydrogens is 304 g/mol. The molecule has 1 atom stereocenters. The summed E-state index contributed by atoms with van der Waals surface area (Å²) in [6.45, 7) is 8.28. The normalized spacial score (nSPS) is 11.9. The highest BCUT2D eigenvalue weighted by molar-refractivity contribution is 7.80. The molecule has 4 nitrogen and oxygen atoms in total. The number of ether oxygens (including phenoxy) is 1. The van der Waals surface area contributed by atoms with Gasteiger partial charge in [-0.25, -0.2) is 4.79 Å². The van der Waals surface area contributed by atoms with Gasteiger partial charge in [-0.2, -0.15) is 0 Å². The first kappa shape index (κ1) is 17.9. The highest BCUT2D eigenvalue weighted by atomic mass is 32.1. The first-order valence-corrected chi connectivity index (χ1v) is 8.45. The van der Waals surface area contributed by atoms with E-state index < -0.39 is 0 Å². The van der Waals surface area contributed by atoms with Crippen LogP contribution >= 0.6 is 23.6 Å². The van der Waals surface area contributed by atoms with E-state index in [0.717, 1.165) is 34.7 Å². The molecule has 0 saturated carbocycles. The molecule has 0 radical (unpaired) electrons. The molecule has 0 fully saturated rings. The van der Waals surface area contributed by atoms with Gasteiger partial charge in [-0.3, -0.25) is 0 Å². The van der Waals surface area contributed by atoms with Crippen LogP contribution < -0.4 is 10.6 Å². The summed E-state index contributed by atoms with van der Waals surface area (Å²) < 4.78 is 4.90. The van der Waals surface area contributed by atoms with Crippen LogP contribution in [0, 0.1) is 6.92 Å². The van der Waals surface area contributed by atoms with Crippen molar-refractivity contribution in [3.8, 4) is 0 Å². The summed E-state index contributed by atoms with van der Waals surface area (Å²) in [4.78, 5) is 13.1. The molecule has 0 bridgehead atoms. The summed E-state index contributed by atoms with van der Waals surface area (Å²) in [6.07, 6.45) is 2.94. The van der Waals surface area contributed by atoms with E-state index in [2.05, 4.69) is 24.5 Å². The first-order valence-electron chi connectivity index (χ1n) is 7.22. The van der Waals surface area contributed by atoms with Crippen molar-refractivity contribution in [1.82, 2.24) is 5.32 Å². The predicted molar refractivity (Wildman–Crippen MR) is 93.5 cm³/mol. The number of hydrogen-bond donors (Lipinski definition) is 2. The van der Waals surface area contributed by atoms with E-state index >= 15 is 0 Å². The molecule has 0 aliphatic heterocycles. The van der Waals surface area contributed by atoms with Crippen molar-refractivity contribution >= 4 is 39.6 Å². The minimum absolute atomic E-state index is 0.309. The summed E-state index contributed by atoms with van der Waals surface area (Å²) >= 11 is 6.87. The van der Waals surface area contributed by atoms with Crippen LogP contribution in [0.4, 0.5) is 5.00 Å². The van der Waals surface area contributed by atoms with Gasteiger partial charge in [-0.15, -0.1) is 11.3 Å². The number of nitrogens with one attached hydrogen (secondary N) is 2. The average molecular weight is 329 g/mol. The van der Waals surface area contributed by atoms with E-state index in [1.807, 2.05) is 13.8 Å². The fourth-order valence-electron chi connectivity index (χ4n) is 2.28. The van der Waals surface area contributed by atoms with Crippen molar-refractivity contribution in [2.75, 3.05) is 12.4 Å². The van der Waals surface area contributed by atoms with Gasteiger partial charge in [0.15, 0.2) is 5.11 Å². The Balaban J connectivity index is 2.92. The molecule has 1 unspecified atom stereocenters. The maximum absolute atomic E-state index is 12.0. The Labute approximate surface area is 136 Å². The third-order valence-electron chi connectivity index (χ3n) is 3.28. The van der Waals surface area contributed by atoms with E-state index in [1.165, 1.54) is 18.4 Å². The third-order valence-corrected chi connectivity index (χ3v) is 4.56. The molecule has 0 saturated heterocycles. The monoisotopic (exact) mass is 328 g/mol.